The highest BCUT2D eigenvalue weighted by molar-refractivity contribution is 5.78. The zero-order valence-corrected chi connectivity index (χ0v) is 11.4. The molecular formula is C15H20FNO2. The van der Waals surface area contributed by atoms with Crippen LogP contribution in [0.4, 0.5) is 4.39 Å². The van der Waals surface area contributed by atoms with Crippen molar-refractivity contribution in [3.63, 3.8) is 0 Å². The van der Waals surface area contributed by atoms with Gasteiger partial charge in [-0.1, -0.05) is 0 Å². The molecule has 104 valence electrons. The van der Waals surface area contributed by atoms with E-state index in [0.717, 1.165) is 42.8 Å². The monoisotopic (exact) mass is 265 g/mol. The summed E-state index contributed by atoms with van der Waals surface area (Å²) >= 11 is 0. The Morgan fingerprint density at radius 3 is 2.95 bits per heavy atom. The third-order valence-corrected chi connectivity index (χ3v) is 3.17. The molecule has 2 rings (SSSR count). The van der Waals surface area contributed by atoms with E-state index >= 15 is 0 Å². The van der Waals surface area contributed by atoms with Crippen molar-refractivity contribution < 1.29 is 13.5 Å². The minimum atomic E-state index is -0.239. The Kier molecular flexibility index (Phi) is 4.93. The van der Waals surface area contributed by atoms with E-state index < -0.39 is 0 Å². The van der Waals surface area contributed by atoms with Gasteiger partial charge in [0.2, 0.25) is 0 Å². The van der Waals surface area contributed by atoms with E-state index in [4.69, 9.17) is 9.15 Å². The summed E-state index contributed by atoms with van der Waals surface area (Å²) in [6.45, 7) is 3.49. The molecule has 1 N–H and O–H groups in total. The van der Waals surface area contributed by atoms with Gasteiger partial charge in [-0.2, -0.15) is 0 Å². The van der Waals surface area contributed by atoms with Gasteiger partial charge in [-0.3, -0.25) is 0 Å². The number of ether oxygens (including phenoxy) is 1. The Hall–Kier alpha value is -1.39. The van der Waals surface area contributed by atoms with E-state index in [2.05, 4.69) is 5.32 Å². The van der Waals surface area contributed by atoms with Crippen molar-refractivity contribution >= 4 is 11.0 Å². The van der Waals surface area contributed by atoms with Crippen LogP contribution >= 0.6 is 0 Å². The maximum Gasteiger partial charge on any atom is 0.134 e. The van der Waals surface area contributed by atoms with E-state index in [9.17, 15) is 4.39 Å². The van der Waals surface area contributed by atoms with E-state index in [-0.39, 0.29) is 11.9 Å². The first-order valence-corrected chi connectivity index (χ1v) is 6.68. The van der Waals surface area contributed by atoms with Crippen molar-refractivity contribution in [2.75, 3.05) is 20.3 Å². The Balaban J connectivity index is 2.07. The summed E-state index contributed by atoms with van der Waals surface area (Å²) in [5.74, 6) is 0.608. The Morgan fingerprint density at radius 1 is 1.37 bits per heavy atom. The van der Waals surface area contributed by atoms with Gasteiger partial charge in [-0.25, -0.2) is 4.39 Å². The lowest BCUT2D eigenvalue weighted by atomic mass is 10.1. The second-order valence-electron chi connectivity index (χ2n) is 4.51. The second-order valence-corrected chi connectivity index (χ2v) is 4.51. The maximum atomic E-state index is 13.1. The number of halogens is 1. The fourth-order valence-electron chi connectivity index (χ4n) is 2.17. The number of nitrogens with one attached hydrogen (secondary N) is 1. The Bertz CT molecular complexity index is 524. The van der Waals surface area contributed by atoms with Crippen LogP contribution in [0.5, 0.6) is 0 Å². The van der Waals surface area contributed by atoms with Crippen LogP contribution < -0.4 is 5.32 Å². The number of fused-ring (bicyclic) bond motifs is 1. The van der Waals surface area contributed by atoms with Crippen molar-refractivity contribution in [2.45, 2.75) is 25.8 Å². The van der Waals surface area contributed by atoms with Gasteiger partial charge in [0.25, 0.3) is 0 Å². The molecule has 0 bridgehead atoms. The van der Waals surface area contributed by atoms with Crippen LogP contribution in [0.3, 0.4) is 0 Å². The van der Waals surface area contributed by atoms with E-state index in [1.807, 2.05) is 20.0 Å². The summed E-state index contributed by atoms with van der Waals surface area (Å²) < 4.78 is 24.2. The molecule has 0 fully saturated rings. The van der Waals surface area contributed by atoms with Crippen LogP contribution in [0.2, 0.25) is 0 Å². The predicted octanol–water partition coefficient (Wildman–Crippen LogP) is 3.65. The number of benzene rings is 1. The summed E-state index contributed by atoms with van der Waals surface area (Å²) in [6.07, 6.45) is 1.89. The zero-order valence-electron chi connectivity index (χ0n) is 11.4. The molecule has 19 heavy (non-hydrogen) atoms. The van der Waals surface area contributed by atoms with Gasteiger partial charge in [-0.05, 0) is 51.1 Å². The molecule has 3 nitrogen and oxygen atoms in total. The third kappa shape index (κ3) is 3.55. The van der Waals surface area contributed by atoms with E-state index in [0.29, 0.717) is 0 Å². The molecule has 0 aliphatic carbocycles. The third-order valence-electron chi connectivity index (χ3n) is 3.17. The minimum absolute atomic E-state index is 0.135. The SMILES string of the molecule is CCOCCCC(NC)c1cc2cc(F)ccc2o1. The molecule has 1 unspecified atom stereocenters. The largest absolute Gasteiger partial charge is 0.459 e. The molecule has 4 heteroatoms. The standard InChI is InChI=1S/C15H20FNO2/c1-3-18-8-4-5-13(17-2)15-10-11-9-12(16)6-7-14(11)19-15/h6-7,9-10,13,17H,3-5,8H2,1-2H3. The van der Waals surface area contributed by atoms with Crippen LogP contribution in [0, 0.1) is 5.82 Å². The van der Waals surface area contributed by atoms with Gasteiger partial charge < -0.3 is 14.5 Å². The topological polar surface area (TPSA) is 34.4 Å². The van der Waals surface area contributed by atoms with Crippen molar-refractivity contribution in [2.24, 2.45) is 0 Å². The second kappa shape index (κ2) is 6.68. The van der Waals surface area contributed by atoms with Gasteiger partial charge in [0.1, 0.15) is 17.2 Å². The summed E-state index contributed by atoms with van der Waals surface area (Å²) in [5, 5.41) is 4.03. The minimum Gasteiger partial charge on any atom is -0.459 e. The molecule has 0 aliphatic heterocycles. The first-order chi connectivity index (χ1) is 9.24. The van der Waals surface area contributed by atoms with Crippen LogP contribution in [0.15, 0.2) is 28.7 Å². The zero-order chi connectivity index (χ0) is 13.7. The normalized spacial score (nSPS) is 13.0. The lowest BCUT2D eigenvalue weighted by Gasteiger charge is -2.13. The lowest BCUT2D eigenvalue weighted by molar-refractivity contribution is 0.140. The van der Waals surface area contributed by atoms with Crippen molar-refractivity contribution in [1.82, 2.24) is 5.32 Å². The van der Waals surface area contributed by atoms with Crippen LogP contribution in [0.1, 0.15) is 31.6 Å². The van der Waals surface area contributed by atoms with Gasteiger partial charge in [0, 0.05) is 18.6 Å². The van der Waals surface area contributed by atoms with Crippen molar-refractivity contribution in [1.29, 1.82) is 0 Å². The smallest absolute Gasteiger partial charge is 0.134 e. The van der Waals surface area contributed by atoms with Gasteiger partial charge in [0.05, 0.1) is 6.04 Å². The molecule has 0 aliphatic rings. The highest BCUT2D eigenvalue weighted by Gasteiger charge is 2.14. The van der Waals surface area contributed by atoms with Crippen LogP contribution in [-0.2, 0) is 4.74 Å². The van der Waals surface area contributed by atoms with Gasteiger partial charge in [0.15, 0.2) is 0 Å². The van der Waals surface area contributed by atoms with Crippen LogP contribution in [-0.4, -0.2) is 20.3 Å². The summed E-state index contributed by atoms with van der Waals surface area (Å²) in [6, 6.07) is 6.62. The number of furan rings is 1. The fraction of sp³-hybridized carbons (Fsp3) is 0.467. The van der Waals surface area contributed by atoms with Crippen molar-refractivity contribution in [3.8, 4) is 0 Å². The maximum absolute atomic E-state index is 13.1. The molecule has 0 amide bonds. The highest BCUT2D eigenvalue weighted by Crippen LogP contribution is 2.26. The Labute approximate surface area is 112 Å². The molecule has 0 radical (unpaired) electrons. The van der Waals surface area contributed by atoms with Gasteiger partial charge in [-0.15, -0.1) is 0 Å². The molecular weight excluding hydrogens is 245 g/mol. The fourth-order valence-corrected chi connectivity index (χ4v) is 2.17. The first-order valence-electron chi connectivity index (χ1n) is 6.68. The molecule has 1 aromatic carbocycles. The van der Waals surface area contributed by atoms with Crippen LogP contribution in [0.25, 0.3) is 11.0 Å². The summed E-state index contributed by atoms with van der Waals surface area (Å²) in [5.41, 5.74) is 0.724. The molecule has 1 heterocycles. The Morgan fingerprint density at radius 2 is 2.21 bits per heavy atom. The number of hydrogen-bond donors (Lipinski definition) is 1. The van der Waals surface area contributed by atoms with Gasteiger partial charge >= 0.3 is 0 Å². The molecule has 2 aromatic rings. The number of hydrogen-bond acceptors (Lipinski definition) is 3. The quantitative estimate of drug-likeness (QED) is 0.776. The van der Waals surface area contributed by atoms with E-state index in [1.54, 1.807) is 6.07 Å². The molecule has 0 saturated heterocycles. The molecule has 1 atom stereocenters. The number of rotatable bonds is 7. The molecule has 0 saturated carbocycles. The molecule has 0 spiro atoms. The molecule has 1 aromatic heterocycles. The van der Waals surface area contributed by atoms with E-state index in [1.165, 1.54) is 12.1 Å². The lowest BCUT2D eigenvalue weighted by Crippen LogP contribution is -2.16. The van der Waals surface area contributed by atoms with Crippen molar-refractivity contribution in [3.05, 3.63) is 35.8 Å². The average Bonchev–Trinajstić information content (AvgIpc) is 2.81. The predicted molar refractivity (Wildman–Crippen MR) is 73.7 cm³/mol. The highest BCUT2D eigenvalue weighted by atomic mass is 19.1. The summed E-state index contributed by atoms with van der Waals surface area (Å²) in [4.78, 5) is 0. The first kappa shape index (κ1) is 14.0. The average molecular weight is 265 g/mol. The summed E-state index contributed by atoms with van der Waals surface area (Å²) in [7, 11) is 1.90.